The maximum absolute atomic E-state index is 10.9. The lowest BCUT2D eigenvalue weighted by molar-refractivity contribution is 0.175. The van der Waals surface area contributed by atoms with E-state index >= 15 is 0 Å². The van der Waals surface area contributed by atoms with Crippen LogP contribution in [0.3, 0.4) is 0 Å². The molecule has 0 bridgehead atoms. The molecule has 16 heavy (non-hydrogen) atoms. The molecule has 0 N–H and O–H groups in total. The smallest absolute Gasteiger partial charge is 0.133 e. The summed E-state index contributed by atoms with van der Waals surface area (Å²) in [5.74, 6) is 1.27. The van der Waals surface area contributed by atoms with Crippen LogP contribution >= 0.6 is 11.6 Å². The number of rotatable bonds is 3. The largest absolute Gasteiger partial charge is 0.457 e. The highest BCUT2D eigenvalue weighted by Crippen LogP contribution is 2.26. The standard InChI is InChI=1S/C13H10ClO2/c14-11-5-7-12(8-6-11)16-13-4-2-1-3-10(13)9-15/h1-8H,9H2. The van der Waals surface area contributed by atoms with E-state index in [4.69, 9.17) is 16.3 Å². The lowest BCUT2D eigenvalue weighted by atomic mass is 10.2. The van der Waals surface area contributed by atoms with E-state index in [-0.39, 0.29) is 6.61 Å². The van der Waals surface area contributed by atoms with E-state index in [1.54, 1.807) is 36.4 Å². The van der Waals surface area contributed by atoms with E-state index in [9.17, 15) is 5.11 Å². The maximum atomic E-state index is 10.9. The second kappa shape index (κ2) is 5.01. The zero-order valence-electron chi connectivity index (χ0n) is 8.52. The summed E-state index contributed by atoms with van der Waals surface area (Å²) in [5.41, 5.74) is 0.650. The number of halogens is 1. The first-order valence-corrected chi connectivity index (χ1v) is 5.27. The summed E-state index contributed by atoms with van der Waals surface area (Å²) in [4.78, 5) is 0. The number of hydrogen-bond donors (Lipinski definition) is 0. The summed E-state index contributed by atoms with van der Waals surface area (Å²) < 4.78 is 5.60. The molecule has 0 saturated heterocycles. The van der Waals surface area contributed by atoms with Crippen molar-refractivity contribution in [2.75, 3.05) is 0 Å². The Kier molecular flexibility index (Phi) is 3.44. The molecule has 3 heteroatoms. The highest BCUT2D eigenvalue weighted by molar-refractivity contribution is 6.30. The van der Waals surface area contributed by atoms with Gasteiger partial charge in [0.15, 0.2) is 0 Å². The molecule has 0 unspecified atom stereocenters. The number of ether oxygens (including phenoxy) is 1. The Hall–Kier alpha value is -1.51. The fourth-order valence-corrected chi connectivity index (χ4v) is 1.48. The molecule has 0 aliphatic rings. The van der Waals surface area contributed by atoms with E-state index in [0.29, 0.717) is 22.1 Å². The van der Waals surface area contributed by atoms with Crippen LogP contribution in [0.25, 0.3) is 0 Å². The van der Waals surface area contributed by atoms with E-state index in [1.807, 2.05) is 12.1 Å². The Morgan fingerprint density at radius 3 is 2.38 bits per heavy atom. The topological polar surface area (TPSA) is 29.1 Å². The molecule has 0 heterocycles. The van der Waals surface area contributed by atoms with Crippen LogP contribution < -0.4 is 4.74 Å². The summed E-state index contributed by atoms with van der Waals surface area (Å²) in [7, 11) is 0. The molecule has 1 radical (unpaired) electrons. The second-order valence-corrected chi connectivity index (χ2v) is 3.74. The van der Waals surface area contributed by atoms with Gasteiger partial charge in [-0.15, -0.1) is 0 Å². The van der Waals surface area contributed by atoms with Gasteiger partial charge in [0.1, 0.15) is 18.1 Å². The summed E-state index contributed by atoms with van der Waals surface area (Å²) in [6.07, 6.45) is 0. The molecule has 0 atom stereocenters. The van der Waals surface area contributed by atoms with Gasteiger partial charge in [0, 0.05) is 10.6 Å². The highest BCUT2D eigenvalue weighted by Gasteiger charge is 2.03. The highest BCUT2D eigenvalue weighted by atomic mass is 35.5. The van der Waals surface area contributed by atoms with Gasteiger partial charge in [-0.25, -0.2) is 5.11 Å². The summed E-state index contributed by atoms with van der Waals surface area (Å²) in [6, 6.07) is 14.2. The predicted octanol–water partition coefficient (Wildman–Crippen LogP) is 4.06. The first-order chi connectivity index (χ1) is 7.79. The maximum Gasteiger partial charge on any atom is 0.133 e. The van der Waals surface area contributed by atoms with E-state index in [2.05, 4.69) is 0 Å². The van der Waals surface area contributed by atoms with Crippen molar-refractivity contribution in [1.29, 1.82) is 0 Å². The minimum absolute atomic E-state index is 0.288. The number of hydrogen-bond acceptors (Lipinski definition) is 1. The zero-order chi connectivity index (χ0) is 11.4. The van der Waals surface area contributed by atoms with Crippen LogP contribution in [0.4, 0.5) is 0 Å². The lowest BCUT2D eigenvalue weighted by Crippen LogP contribution is -1.90. The second-order valence-electron chi connectivity index (χ2n) is 3.31. The Balaban J connectivity index is 2.23. The molecule has 2 aromatic rings. The fourth-order valence-electron chi connectivity index (χ4n) is 1.35. The third-order valence-corrected chi connectivity index (χ3v) is 2.42. The van der Waals surface area contributed by atoms with E-state index < -0.39 is 0 Å². The van der Waals surface area contributed by atoms with Gasteiger partial charge in [0.25, 0.3) is 0 Å². The Bertz CT molecular complexity index is 466. The Morgan fingerprint density at radius 2 is 1.69 bits per heavy atom. The van der Waals surface area contributed by atoms with Gasteiger partial charge in [0.05, 0.1) is 0 Å². The fraction of sp³-hybridized carbons (Fsp3) is 0.0769. The normalized spacial score (nSPS) is 10.1. The molecule has 0 aromatic heterocycles. The van der Waals surface area contributed by atoms with Crippen molar-refractivity contribution in [3.05, 3.63) is 59.1 Å². The van der Waals surface area contributed by atoms with Gasteiger partial charge in [0.2, 0.25) is 0 Å². The van der Waals surface area contributed by atoms with Gasteiger partial charge >= 0.3 is 0 Å². The van der Waals surface area contributed by atoms with Gasteiger partial charge in [-0.05, 0) is 30.3 Å². The number of benzene rings is 2. The van der Waals surface area contributed by atoms with Crippen molar-refractivity contribution < 1.29 is 9.84 Å². The minimum atomic E-state index is -0.288. The molecular weight excluding hydrogens is 224 g/mol. The Labute approximate surface area is 99.1 Å². The van der Waals surface area contributed by atoms with Crippen LogP contribution in [0.15, 0.2) is 48.5 Å². The molecule has 0 amide bonds. The van der Waals surface area contributed by atoms with Crippen molar-refractivity contribution in [1.82, 2.24) is 0 Å². The summed E-state index contributed by atoms with van der Waals surface area (Å²) >= 11 is 5.77. The van der Waals surface area contributed by atoms with Crippen LogP contribution in [0.2, 0.25) is 5.02 Å². The third kappa shape index (κ3) is 2.54. The summed E-state index contributed by atoms with van der Waals surface area (Å²) in [6.45, 7) is -0.288. The monoisotopic (exact) mass is 233 g/mol. The first kappa shape index (κ1) is 11.0. The van der Waals surface area contributed by atoms with Crippen molar-refractivity contribution >= 4 is 11.6 Å². The van der Waals surface area contributed by atoms with Crippen molar-refractivity contribution in [3.63, 3.8) is 0 Å². The molecule has 2 aromatic carbocycles. The number of para-hydroxylation sites is 1. The average molecular weight is 234 g/mol. The van der Waals surface area contributed by atoms with Crippen molar-refractivity contribution in [2.24, 2.45) is 0 Å². The minimum Gasteiger partial charge on any atom is -0.457 e. The van der Waals surface area contributed by atoms with Crippen LogP contribution in [-0.4, -0.2) is 0 Å². The van der Waals surface area contributed by atoms with Crippen molar-refractivity contribution in [2.45, 2.75) is 6.61 Å². The van der Waals surface area contributed by atoms with Crippen LogP contribution in [0.5, 0.6) is 11.5 Å². The van der Waals surface area contributed by atoms with E-state index in [1.165, 1.54) is 0 Å². The molecule has 0 aliphatic heterocycles. The van der Waals surface area contributed by atoms with E-state index in [0.717, 1.165) is 0 Å². The zero-order valence-corrected chi connectivity index (χ0v) is 9.28. The molecule has 81 valence electrons. The van der Waals surface area contributed by atoms with Crippen LogP contribution in [0.1, 0.15) is 5.56 Å². The lowest BCUT2D eigenvalue weighted by Gasteiger charge is -2.08. The molecular formula is C13H10ClO2. The SMILES string of the molecule is [O]Cc1ccccc1Oc1ccc(Cl)cc1. The molecule has 0 fully saturated rings. The predicted molar refractivity (Wildman–Crippen MR) is 62.4 cm³/mol. The molecule has 0 spiro atoms. The Morgan fingerprint density at radius 1 is 1.00 bits per heavy atom. The summed E-state index contributed by atoms with van der Waals surface area (Å²) in [5, 5.41) is 11.6. The quantitative estimate of drug-likeness (QED) is 0.786. The third-order valence-electron chi connectivity index (χ3n) is 2.17. The molecule has 0 saturated carbocycles. The van der Waals surface area contributed by atoms with Gasteiger partial charge in [-0.2, -0.15) is 0 Å². The molecule has 0 aliphatic carbocycles. The van der Waals surface area contributed by atoms with Gasteiger partial charge < -0.3 is 4.74 Å². The first-order valence-electron chi connectivity index (χ1n) is 4.89. The van der Waals surface area contributed by atoms with Gasteiger partial charge in [-0.1, -0.05) is 29.8 Å². The average Bonchev–Trinajstić information content (AvgIpc) is 2.33. The molecule has 2 nitrogen and oxygen atoms in total. The molecule has 2 rings (SSSR count). The van der Waals surface area contributed by atoms with Crippen LogP contribution in [-0.2, 0) is 11.7 Å². The van der Waals surface area contributed by atoms with Gasteiger partial charge in [-0.3, -0.25) is 0 Å². The van der Waals surface area contributed by atoms with Crippen LogP contribution in [0, 0.1) is 0 Å². The van der Waals surface area contributed by atoms with Crippen molar-refractivity contribution in [3.8, 4) is 11.5 Å².